The molecule has 0 radical (unpaired) electrons. The molecule has 0 aromatic rings. The van der Waals surface area contributed by atoms with E-state index in [2.05, 4.69) is 6.58 Å². The van der Waals surface area contributed by atoms with Crippen molar-refractivity contribution in [3.05, 3.63) is 12.7 Å². The lowest BCUT2D eigenvalue weighted by Gasteiger charge is -2.24. The van der Waals surface area contributed by atoms with Crippen LogP contribution in [0.3, 0.4) is 0 Å². The van der Waals surface area contributed by atoms with Gasteiger partial charge < -0.3 is 9.84 Å². The number of aliphatic hydroxyl groups excluding tert-OH is 1. The van der Waals surface area contributed by atoms with Crippen molar-refractivity contribution in [1.29, 1.82) is 0 Å². The summed E-state index contributed by atoms with van der Waals surface area (Å²) in [6.07, 6.45) is 8.01. The smallest absolute Gasteiger partial charge is 0.0599 e. The highest BCUT2D eigenvalue weighted by Crippen LogP contribution is 2.18. The van der Waals surface area contributed by atoms with Crippen molar-refractivity contribution in [2.45, 2.75) is 50.7 Å². The van der Waals surface area contributed by atoms with E-state index in [1.807, 2.05) is 6.08 Å². The molecule has 2 nitrogen and oxygen atoms in total. The van der Waals surface area contributed by atoms with Gasteiger partial charge >= 0.3 is 0 Å². The number of aliphatic hydroxyl groups is 1. The molecule has 0 amide bonds. The maximum atomic E-state index is 9.60. The minimum atomic E-state index is -0.207. The number of hydrogen-bond donors (Lipinski definition) is 1. The number of hydrogen-bond acceptors (Lipinski definition) is 2. The molecule has 2 unspecified atom stereocenters. The fourth-order valence-corrected chi connectivity index (χ4v) is 1.72. The molecule has 2 heteroatoms. The lowest BCUT2D eigenvalue weighted by atomic mass is 10.0. The largest absolute Gasteiger partial charge is 0.393 e. The highest BCUT2D eigenvalue weighted by atomic mass is 16.5. The molecule has 76 valence electrons. The highest BCUT2D eigenvalue weighted by molar-refractivity contribution is 4.73. The van der Waals surface area contributed by atoms with Crippen LogP contribution in [0.5, 0.6) is 0 Å². The second-order valence-corrected chi connectivity index (χ2v) is 3.74. The molecule has 0 aromatic heterocycles. The number of ether oxygens (including phenoxy) is 1. The van der Waals surface area contributed by atoms with Crippen LogP contribution in [0.1, 0.15) is 38.5 Å². The second-order valence-electron chi connectivity index (χ2n) is 3.74. The Morgan fingerprint density at radius 2 is 2.38 bits per heavy atom. The monoisotopic (exact) mass is 184 g/mol. The van der Waals surface area contributed by atoms with Crippen LogP contribution < -0.4 is 0 Å². The topological polar surface area (TPSA) is 29.5 Å². The standard InChI is InChI=1S/C11H20O2/c1-2-3-6-10(12)9-11-7-4-5-8-13-11/h2,10-12H,1,3-9H2. The van der Waals surface area contributed by atoms with Crippen molar-refractivity contribution in [1.82, 2.24) is 0 Å². The van der Waals surface area contributed by atoms with Gasteiger partial charge in [-0.2, -0.15) is 0 Å². The predicted molar refractivity (Wildman–Crippen MR) is 53.6 cm³/mol. The third kappa shape index (κ3) is 4.44. The van der Waals surface area contributed by atoms with Crippen LogP contribution in [0.2, 0.25) is 0 Å². The number of allylic oxidation sites excluding steroid dienone is 1. The van der Waals surface area contributed by atoms with Gasteiger partial charge in [-0.15, -0.1) is 6.58 Å². The summed E-state index contributed by atoms with van der Waals surface area (Å²) in [7, 11) is 0. The molecule has 0 aromatic carbocycles. The Kier molecular flexibility index (Phi) is 5.09. The molecular formula is C11H20O2. The van der Waals surface area contributed by atoms with Gasteiger partial charge in [0, 0.05) is 6.61 Å². The van der Waals surface area contributed by atoms with E-state index in [0.717, 1.165) is 32.3 Å². The molecular weight excluding hydrogens is 164 g/mol. The van der Waals surface area contributed by atoms with Gasteiger partial charge in [0.15, 0.2) is 0 Å². The summed E-state index contributed by atoms with van der Waals surface area (Å²) in [6.45, 7) is 4.51. The van der Waals surface area contributed by atoms with E-state index in [1.165, 1.54) is 12.8 Å². The van der Waals surface area contributed by atoms with Gasteiger partial charge in [-0.1, -0.05) is 6.08 Å². The molecule has 1 saturated heterocycles. The minimum Gasteiger partial charge on any atom is -0.393 e. The zero-order valence-electron chi connectivity index (χ0n) is 8.24. The molecule has 0 saturated carbocycles. The molecule has 2 atom stereocenters. The Labute approximate surface area is 80.6 Å². The molecule has 1 aliphatic heterocycles. The Bertz CT molecular complexity index is 139. The predicted octanol–water partition coefficient (Wildman–Crippen LogP) is 2.27. The Morgan fingerprint density at radius 1 is 1.54 bits per heavy atom. The maximum Gasteiger partial charge on any atom is 0.0599 e. The average Bonchev–Trinajstić information content (AvgIpc) is 2.16. The zero-order valence-corrected chi connectivity index (χ0v) is 8.24. The van der Waals surface area contributed by atoms with Gasteiger partial charge in [-0.25, -0.2) is 0 Å². The van der Waals surface area contributed by atoms with Crippen LogP contribution in [-0.4, -0.2) is 23.9 Å². The van der Waals surface area contributed by atoms with E-state index >= 15 is 0 Å². The molecule has 0 spiro atoms. The molecule has 1 N–H and O–H groups in total. The first-order chi connectivity index (χ1) is 6.33. The summed E-state index contributed by atoms with van der Waals surface area (Å²) in [6, 6.07) is 0. The molecule has 0 bridgehead atoms. The first-order valence-corrected chi connectivity index (χ1v) is 5.23. The fourth-order valence-electron chi connectivity index (χ4n) is 1.72. The zero-order chi connectivity index (χ0) is 9.52. The first kappa shape index (κ1) is 10.7. The van der Waals surface area contributed by atoms with Crippen molar-refractivity contribution < 1.29 is 9.84 Å². The summed E-state index contributed by atoms with van der Waals surface area (Å²) in [4.78, 5) is 0. The SMILES string of the molecule is C=CCCC(O)CC1CCCCO1. The summed E-state index contributed by atoms with van der Waals surface area (Å²) in [5.41, 5.74) is 0. The summed E-state index contributed by atoms with van der Waals surface area (Å²) in [5, 5.41) is 9.60. The van der Waals surface area contributed by atoms with Crippen molar-refractivity contribution in [2.24, 2.45) is 0 Å². The van der Waals surface area contributed by atoms with Crippen LogP contribution in [0.25, 0.3) is 0 Å². The van der Waals surface area contributed by atoms with Gasteiger partial charge in [-0.3, -0.25) is 0 Å². The van der Waals surface area contributed by atoms with Gasteiger partial charge in [0.05, 0.1) is 12.2 Å². The van der Waals surface area contributed by atoms with Crippen molar-refractivity contribution >= 4 is 0 Å². The summed E-state index contributed by atoms with van der Waals surface area (Å²) < 4.78 is 5.54. The number of rotatable bonds is 5. The lowest BCUT2D eigenvalue weighted by Crippen LogP contribution is -2.24. The van der Waals surface area contributed by atoms with Gasteiger partial charge in [0.2, 0.25) is 0 Å². The highest BCUT2D eigenvalue weighted by Gasteiger charge is 2.17. The van der Waals surface area contributed by atoms with Crippen molar-refractivity contribution in [2.75, 3.05) is 6.61 Å². The van der Waals surface area contributed by atoms with Crippen LogP contribution >= 0.6 is 0 Å². The third-order valence-electron chi connectivity index (χ3n) is 2.51. The summed E-state index contributed by atoms with van der Waals surface area (Å²) >= 11 is 0. The van der Waals surface area contributed by atoms with E-state index in [9.17, 15) is 5.11 Å². The van der Waals surface area contributed by atoms with Crippen LogP contribution in [0, 0.1) is 0 Å². The van der Waals surface area contributed by atoms with E-state index in [0.29, 0.717) is 6.10 Å². The average molecular weight is 184 g/mol. The Hall–Kier alpha value is -0.340. The van der Waals surface area contributed by atoms with Crippen molar-refractivity contribution in [3.8, 4) is 0 Å². The lowest BCUT2D eigenvalue weighted by molar-refractivity contribution is -0.0161. The first-order valence-electron chi connectivity index (χ1n) is 5.23. The van der Waals surface area contributed by atoms with Gasteiger partial charge in [0.1, 0.15) is 0 Å². The molecule has 13 heavy (non-hydrogen) atoms. The van der Waals surface area contributed by atoms with Crippen LogP contribution in [0.4, 0.5) is 0 Å². The van der Waals surface area contributed by atoms with E-state index in [1.54, 1.807) is 0 Å². The normalized spacial score (nSPS) is 25.5. The molecule has 1 aliphatic rings. The van der Waals surface area contributed by atoms with E-state index in [4.69, 9.17) is 4.74 Å². The van der Waals surface area contributed by atoms with Gasteiger partial charge in [-0.05, 0) is 38.5 Å². The van der Waals surface area contributed by atoms with E-state index < -0.39 is 0 Å². The van der Waals surface area contributed by atoms with Gasteiger partial charge in [0.25, 0.3) is 0 Å². The Morgan fingerprint density at radius 3 is 3.00 bits per heavy atom. The molecule has 1 heterocycles. The Balaban J connectivity index is 2.10. The fraction of sp³-hybridized carbons (Fsp3) is 0.818. The molecule has 1 fully saturated rings. The maximum absolute atomic E-state index is 9.60. The second kappa shape index (κ2) is 6.17. The molecule has 1 rings (SSSR count). The third-order valence-corrected chi connectivity index (χ3v) is 2.51. The van der Waals surface area contributed by atoms with Crippen LogP contribution in [-0.2, 0) is 4.74 Å². The van der Waals surface area contributed by atoms with E-state index in [-0.39, 0.29) is 6.10 Å². The molecule has 0 aliphatic carbocycles. The van der Waals surface area contributed by atoms with Crippen LogP contribution in [0.15, 0.2) is 12.7 Å². The summed E-state index contributed by atoms with van der Waals surface area (Å²) in [5.74, 6) is 0. The minimum absolute atomic E-state index is 0.207. The quantitative estimate of drug-likeness (QED) is 0.664. The van der Waals surface area contributed by atoms with Crippen molar-refractivity contribution in [3.63, 3.8) is 0 Å².